The molecule has 1 amide bonds. The van der Waals surface area contributed by atoms with Crippen LogP contribution in [0, 0.1) is 6.92 Å². The molecule has 0 saturated carbocycles. The Bertz CT molecular complexity index is 915. The van der Waals surface area contributed by atoms with E-state index in [-0.39, 0.29) is 6.09 Å². The molecule has 4 rings (SSSR count). The van der Waals surface area contributed by atoms with Gasteiger partial charge in [-0.25, -0.2) is 4.79 Å². The van der Waals surface area contributed by atoms with Crippen molar-refractivity contribution in [2.45, 2.75) is 19.9 Å². The first-order valence-corrected chi connectivity index (χ1v) is 8.30. The van der Waals surface area contributed by atoms with Gasteiger partial charge in [0.15, 0.2) is 0 Å². The molecular formula is C19H17ClN2O2. The van der Waals surface area contributed by atoms with Crippen LogP contribution in [0.5, 0.6) is 5.75 Å². The Hall–Kier alpha value is -2.46. The van der Waals surface area contributed by atoms with Crippen LogP contribution in [0.4, 0.5) is 4.79 Å². The van der Waals surface area contributed by atoms with E-state index in [4.69, 9.17) is 16.3 Å². The van der Waals surface area contributed by atoms with Crippen molar-refractivity contribution in [1.29, 1.82) is 0 Å². The zero-order valence-corrected chi connectivity index (χ0v) is 14.1. The van der Waals surface area contributed by atoms with E-state index in [0.29, 0.717) is 18.8 Å². The van der Waals surface area contributed by atoms with Gasteiger partial charge in [0.2, 0.25) is 0 Å². The second kappa shape index (κ2) is 5.87. The Morgan fingerprint density at radius 1 is 1.21 bits per heavy atom. The van der Waals surface area contributed by atoms with E-state index in [9.17, 15) is 4.79 Å². The Kier molecular flexibility index (Phi) is 3.69. The van der Waals surface area contributed by atoms with Crippen LogP contribution in [-0.4, -0.2) is 22.5 Å². The summed E-state index contributed by atoms with van der Waals surface area (Å²) >= 11 is 6.10. The highest BCUT2D eigenvalue weighted by Gasteiger charge is 2.25. The minimum absolute atomic E-state index is 0.318. The van der Waals surface area contributed by atoms with Gasteiger partial charge >= 0.3 is 6.09 Å². The van der Waals surface area contributed by atoms with E-state index >= 15 is 0 Å². The number of amides is 1. The van der Waals surface area contributed by atoms with E-state index < -0.39 is 0 Å². The molecule has 0 saturated heterocycles. The molecule has 5 heteroatoms. The lowest BCUT2D eigenvalue weighted by Gasteiger charge is -2.26. The van der Waals surface area contributed by atoms with Crippen LogP contribution in [0.1, 0.15) is 16.8 Å². The minimum Gasteiger partial charge on any atom is -0.410 e. The molecule has 0 unspecified atom stereocenters. The molecule has 122 valence electrons. The molecule has 0 atom stereocenters. The number of ether oxygens (including phenoxy) is 1. The lowest BCUT2D eigenvalue weighted by atomic mass is 10.0. The third kappa shape index (κ3) is 2.74. The topological polar surface area (TPSA) is 45.3 Å². The van der Waals surface area contributed by atoms with Gasteiger partial charge in [0.25, 0.3) is 0 Å². The zero-order chi connectivity index (χ0) is 16.7. The fourth-order valence-corrected chi connectivity index (χ4v) is 3.31. The van der Waals surface area contributed by atoms with E-state index in [1.165, 1.54) is 5.56 Å². The largest absolute Gasteiger partial charge is 0.415 e. The lowest BCUT2D eigenvalue weighted by Crippen LogP contribution is -2.37. The fraction of sp³-hybridized carbons (Fsp3) is 0.211. The Morgan fingerprint density at radius 3 is 2.79 bits per heavy atom. The number of nitrogens with zero attached hydrogens (tertiary/aromatic N) is 1. The van der Waals surface area contributed by atoms with E-state index in [2.05, 4.69) is 4.98 Å². The van der Waals surface area contributed by atoms with Gasteiger partial charge in [-0.1, -0.05) is 29.3 Å². The van der Waals surface area contributed by atoms with Crippen LogP contribution in [0.3, 0.4) is 0 Å². The summed E-state index contributed by atoms with van der Waals surface area (Å²) in [5.41, 5.74) is 4.48. The molecular weight excluding hydrogens is 324 g/mol. The maximum Gasteiger partial charge on any atom is 0.415 e. The highest BCUT2D eigenvalue weighted by Crippen LogP contribution is 2.30. The standard InChI is InChI=1S/C19H17ClN2O2/c1-12-2-5-14(6-3-12)24-19(23)22-9-8-15-16-10-13(20)4-7-17(16)21-18(15)11-22/h2-7,10,21H,8-9,11H2,1H3. The summed E-state index contributed by atoms with van der Waals surface area (Å²) in [5.74, 6) is 0.569. The Labute approximate surface area is 145 Å². The summed E-state index contributed by atoms with van der Waals surface area (Å²) < 4.78 is 5.47. The first-order valence-electron chi connectivity index (χ1n) is 7.92. The van der Waals surface area contributed by atoms with Gasteiger partial charge < -0.3 is 14.6 Å². The molecule has 3 aromatic rings. The van der Waals surface area contributed by atoms with Crippen LogP contribution in [-0.2, 0) is 13.0 Å². The van der Waals surface area contributed by atoms with Crippen molar-refractivity contribution in [3.63, 3.8) is 0 Å². The van der Waals surface area contributed by atoms with Crippen molar-refractivity contribution in [3.05, 3.63) is 64.3 Å². The first-order chi connectivity index (χ1) is 11.6. The zero-order valence-electron chi connectivity index (χ0n) is 13.3. The van der Waals surface area contributed by atoms with E-state index in [0.717, 1.165) is 33.6 Å². The summed E-state index contributed by atoms with van der Waals surface area (Å²) in [5, 5.41) is 1.87. The normalized spacial score (nSPS) is 13.8. The van der Waals surface area contributed by atoms with Crippen molar-refractivity contribution in [2.24, 2.45) is 0 Å². The molecule has 24 heavy (non-hydrogen) atoms. The molecule has 2 aromatic carbocycles. The van der Waals surface area contributed by atoms with Gasteiger partial charge in [0, 0.05) is 28.2 Å². The highest BCUT2D eigenvalue weighted by atomic mass is 35.5. The van der Waals surface area contributed by atoms with Gasteiger partial charge in [-0.15, -0.1) is 0 Å². The summed E-state index contributed by atoms with van der Waals surface area (Å²) in [6.45, 7) is 3.16. The molecule has 1 aliphatic rings. The van der Waals surface area contributed by atoms with Gasteiger partial charge in [0.1, 0.15) is 5.75 Å². The maximum atomic E-state index is 12.4. The molecule has 1 aromatic heterocycles. The number of halogens is 1. The molecule has 4 nitrogen and oxygen atoms in total. The second-order valence-electron chi connectivity index (χ2n) is 6.12. The first kappa shape index (κ1) is 15.1. The number of hydrogen-bond acceptors (Lipinski definition) is 2. The van der Waals surface area contributed by atoms with Crippen LogP contribution < -0.4 is 4.74 Å². The monoisotopic (exact) mass is 340 g/mol. The van der Waals surface area contributed by atoms with Gasteiger partial charge in [0.05, 0.1) is 6.54 Å². The van der Waals surface area contributed by atoms with Gasteiger partial charge in [-0.3, -0.25) is 0 Å². The van der Waals surface area contributed by atoms with Crippen molar-refractivity contribution < 1.29 is 9.53 Å². The quantitative estimate of drug-likeness (QED) is 0.698. The minimum atomic E-state index is -0.318. The third-order valence-electron chi connectivity index (χ3n) is 4.42. The van der Waals surface area contributed by atoms with Gasteiger partial charge in [-0.2, -0.15) is 0 Å². The number of fused-ring (bicyclic) bond motifs is 3. The maximum absolute atomic E-state index is 12.4. The van der Waals surface area contributed by atoms with Crippen LogP contribution >= 0.6 is 11.6 Å². The smallest absolute Gasteiger partial charge is 0.410 e. The summed E-state index contributed by atoms with van der Waals surface area (Å²) in [6.07, 6.45) is 0.472. The van der Waals surface area contributed by atoms with Crippen LogP contribution in [0.25, 0.3) is 10.9 Å². The Morgan fingerprint density at radius 2 is 2.00 bits per heavy atom. The third-order valence-corrected chi connectivity index (χ3v) is 4.66. The molecule has 2 heterocycles. The SMILES string of the molecule is Cc1ccc(OC(=O)N2CCc3c([nH]c4ccc(Cl)cc34)C2)cc1. The molecule has 0 bridgehead atoms. The van der Waals surface area contributed by atoms with Crippen molar-refractivity contribution in [1.82, 2.24) is 9.88 Å². The number of hydrogen-bond donors (Lipinski definition) is 1. The second-order valence-corrected chi connectivity index (χ2v) is 6.56. The fourth-order valence-electron chi connectivity index (χ4n) is 3.14. The highest BCUT2D eigenvalue weighted by molar-refractivity contribution is 6.31. The average molecular weight is 341 g/mol. The molecule has 1 aliphatic heterocycles. The number of carbonyl (C=O) groups excluding carboxylic acids is 1. The number of H-pyrrole nitrogens is 1. The predicted molar refractivity (Wildman–Crippen MR) is 94.6 cm³/mol. The van der Waals surface area contributed by atoms with E-state index in [1.54, 1.807) is 4.90 Å². The van der Waals surface area contributed by atoms with Crippen LogP contribution in [0.2, 0.25) is 5.02 Å². The number of nitrogens with one attached hydrogen (secondary N) is 1. The lowest BCUT2D eigenvalue weighted by molar-refractivity contribution is 0.146. The Balaban J connectivity index is 1.54. The number of aromatic amines is 1. The van der Waals surface area contributed by atoms with Crippen LogP contribution in [0.15, 0.2) is 42.5 Å². The number of carbonyl (C=O) groups is 1. The van der Waals surface area contributed by atoms with Gasteiger partial charge in [-0.05, 0) is 49.2 Å². The molecule has 0 aliphatic carbocycles. The molecule has 1 N–H and O–H groups in total. The van der Waals surface area contributed by atoms with Crippen molar-refractivity contribution in [3.8, 4) is 5.75 Å². The predicted octanol–water partition coefficient (Wildman–Crippen LogP) is 4.69. The summed E-state index contributed by atoms with van der Waals surface area (Å²) in [6, 6.07) is 13.3. The number of rotatable bonds is 1. The molecule has 0 radical (unpaired) electrons. The van der Waals surface area contributed by atoms with Crippen molar-refractivity contribution >= 4 is 28.6 Å². The summed E-state index contributed by atoms with van der Waals surface area (Å²) in [7, 11) is 0. The van der Waals surface area contributed by atoms with Crippen molar-refractivity contribution in [2.75, 3.05) is 6.54 Å². The van der Waals surface area contributed by atoms with E-state index in [1.807, 2.05) is 49.4 Å². The molecule has 0 spiro atoms. The summed E-state index contributed by atoms with van der Waals surface area (Å²) in [4.78, 5) is 17.5. The number of aromatic nitrogens is 1. The average Bonchev–Trinajstić information content (AvgIpc) is 2.94. The molecule has 0 fully saturated rings. The number of aryl methyl sites for hydroxylation is 1. The number of benzene rings is 2.